The van der Waals surface area contributed by atoms with Crippen LogP contribution in [0.5, 0.6) is 0 Å². The fraction of sp³-hybridized carbons (Fsp3) is 0. The monoisotopic (exact) mass is 333 g/mol. The maximum Gasteiger partial charge on any atom is 0.0697 e. The summed E-state index contributed by atoms with van der Waals surface area (Å²) in [5.74, 6) is 0. The van der Waals surface area contributed by atoms with Gasteiger partial charge in [0.1, 0.15) is 0 Å². The van der Waals surface area contributed by atoms with Gasteiger partial charge >= 0.3 is 0 Å². The van der Waals surface area contributed by atoms with Crippen LogP contribution in [0.2, 0.25) is 0 Å². The Bertz CT molecular complexity index is 1070. The Hall–Kier alpha value is -2.19. The smallest absolute Gasteiger partial charge is 0.0697 e. The average Bonchev–Trinajstić information content (AvgIpc) is 2.63. The number of fused-ring (bicyclic) bond motifs is 5. The minimum atomic E-state index is 0.587. The molecule has 0 aliphatic rings. The third-order valence-corrected chi connectivity index (χ3v) is 4.45. The van der Waals surface area contributed by atoms with Crippen molar-refractivity contribution in [3.8, 4) is 0 Å². The summed E-state index contributed by atoms with van der Waals surface area (Å²) in [5, 5.41) is 15.8. The summed E-state index contributed by atoms with van der Waals surface area (Å²) in [6, 6.07) is 22.7. The molecule has 0 bridgehead atoms. The first-order valence-corrected chi connectivity index (χ1v) is 7.62. The van der Waals surface area contributed by atoms with Crippen LogP contribution in [-0.4, -0.2) is 0 Å². The Morgan fingerprint density at radius 2 is 1.05 bits per heavy atom. The summed E-state index contributed by atoms with van der Waals surface area (Å²) in [7, 11) is 0. The van der Waals surface area contributed by atoms with E-state index in [1.165, 1.54) is 10.8 Å². The van der Waals surface area contributed by atoms with Crippen LogP contribution < -0.4 is 5.36 Å². The molecular weight excluding hydrogens is 322 g/mol. The first-order chi connectivity index (χ1) is 10.3. The molecule has 0 aromatic heterocycles. The number of hydrogen-bond acceptors (Lipinski definition) is 1. The van der Waals surface area contributed by atoms with Crippen LogP contribution in [0.3, 0.4) is 0 Å². The average molecular weight is 334 g/mol. The standard InChI is InChI=1S/C19H12BrN/c20-12-9-10-17-18(11-12)15-7-2-1-5-13(15)14-6-3-4-8-16(14)19(17)21/h1-11,21H. The van der Waals surface area contributed by atoms with Crippen LogP contribution in [0, 0.1) is 5.41 Å². The lowest BCUT2D eigenvalue weighted by Crippen LogP contribution is -1.98. The molecule has 0 amide bonds. The molecule has 4 aromatic carbocycles. The summed E-state index contributed by atoms with van der Waals surface area (Å²) in [6.07, 6.45) is 0. The normalized spacial score (nSPS) is 11.3. The summed E-state index contributed by atoms with van der Waals surface area (Å²) < 4.78 is 1.04. The molecule has 0 radical (unpaired) electrons. The topological polar surface area (TPSA) is 23.9 Å². The summed E-state index contributed by atoms with van der Waals surface area (Å²) in [6.45, 7) is 0. The second-order valence-corrected chi connectivity index (χ2v) is 6.07. The van der Waals surface area contributed by atoms with Gasteiger partial charge in [-0.15, -0.1) is 0 Å². The van der Waals surface area contributed by atoms with Crippen LogP contribution >= 0.6 is 15.9 Å². The number of rotatable bonds is 0. The van der Waals surface area contributed by atoms with E-state index in [9.17, 15) is 0 Å². The predicted octanol–water partition coefficient (Wildman–Crippen LogP) is 5.39. The van der Waals surface area contributed by atoms with Gasteiger partial charge in [0.25, 0.3) is 0 Å². The molecule has 0 saturated carbocycles. The highest BCUT2D eigenvalue weighted by molar-refractivity contribution is 9.10. The molecule has 0 heterocycles. The van der Waals surface area contributed by atoms with Crippen LogP contribution in [0.1, 0.15) is 0 Å². The Labute approximate surface area is 130 Å². The van der Waals surface area contributed by atoms with Gasteiger partial charge in [0.2, 0.25) is 0 Å². The van der Waals surface area contributed by atoms with Gasteiger partial charge in [-0.1, -0.05) is 70.5 Å². The van der Waals surface area contributed by atoms with E-state index in [0.29, 0.717) is 5.36 Å². The lowest BCUT2D eigenvalue weighted by atomic mass is 10.1. The lowest BCUT2D eigenvalue weighted by Gasteiger charge is -1.99. The van der Waals surface area contributed by atoms with Crippen molar-refractivity contribution in [2.24, 2.45) is 0 Å². The van der Waals surface area contributed by atoms with Crippen LogP contribution in [0.15, 0.2) is 71.2 Å². The molecule has 0 fully saturated rings. The largest absolute Gasteiger partial charge is 0.300 e. The van der Waals surface area contributed by atoms with Crippen molar-refractivity contribution in [2.45, 2.75) is 0 Å². The Kier molecular flexibility index (Phi) is 2.79. The molecule has 0 aliphatic heterocycles. The quantitative estimate of drug-likeness (QED) is 0.446. The van der Waals surface area contributed by atoms with Crippen LogP contribution in [0.25, 0.3) is 32.3 Å². The third-order valence-electron chi connectivity index (χ3n) is 3.95. The van der Waals surface area contributed by atoms with Gasteiger partial charge < -0.3 is 0 Å². The summed E-state index contributed by atoms with van der Waals surface area (Å²) in [5.41, 5.74) is 0. The minimum Gasteiger partial charge on any atom is -0.300 e. The molecular formula is C19H12BrN. The van der Waals surface area contributed by atoms with Gasteiger partial charge in [-0.3, -0.25) is 5.41 Å². The molecule has 1 nitrogen and oxygen atoms in total. The SMILES string of the molecule is N=c1c2ccccc2c2ccccc2c2cc(Br)ccc12. The molecule has 0 aliphatic carbocycles. The molecule has 4 aromatic rings. The van der Waals surface area contributed by atoms with Gasteiger partial charge in [0, 0.05) is 15.2 Å². The molecule has 100 valence electrons. The highest BCUT2D eigenvalue weighted by Crippen LogP contribution is 2.29. The first-order valence-electron chi connectivity index (χ1n) is 6.83. The molecule has 0 atom stereocenters. The van der Waals surface area contributed by atoms with Crippen molar-refractivity contribution in [3.05, 3.63) is 76.6 Å². The van der Waals surface area contributed by atoms with E-state index in [-0.39, 0.29) is 0 Å². The van der Waals surface area contributed by atoms with Gasteiger partial charge in [-0.25, -0.2) is 0 Å². The zero-order valence-corrected chi connectivity index (χ0v) is 12.8. The maximum absolute atomic E-state index is 8.62. The van der Waals surface area contributed by atoms with E-state index in [4.69, 9.17) is 5.41 Å². The van der Waals surface area contributed by atoms with Gasteiger partial charge in [-0.05, 0) is 33.7 Å². The van der Waals surface area contributed by atoms with Crippen molar-refractivity contribution in [2.75, 3.05) is 0 Å². The summed E-state index contributed by atoms with van der Waals surface area (Å²) >= 11 is 3.55. The van der Waals surface area contributed by atoms with Crippen molar-refractivity contribution < 1.29 is 0 Å². The van der Waals surface area contributed by atoms with Gasteiger partial charge in [0.05, 0.1) is 5.36 Å². The molecule has 0 saturated heterocycles. The van der Waals surface area contributed by atoms with Crippen LogP contribution in [0.4, 0.5) is 0 Å². The molecule has 0 unspecified atom stereocenters. The Morgan fingerprint density at radius 1 is 0.571 bits per heavy atom. The highest BCUT2D eigenvalue weighted by Gasteiger charge is 2.06. The number of halogens is 1. The fourth-order valence-electron chi connectivity index (χ4n) is 2.99. The second kappa shape index (κ2) is 4.68. The zero-order valence-electron chi connectivity index (χ0n) is 11.2. The zero-order chi connectivity index (χ0) is 14.4. The lowest BCUT2D eigenvalue weighted by molar-refractivity contribution is 1.34. The van der Waals surface area contributed by atoms with Crippen molar-refractivity contribution in [3.63, 3.8) is 0 Å². The fourth-order valence-corrected chi connectivity index (χ4v) is 3.35. The van der Waals surface area contributed by atoms with Crippen LogP contribution in [-0.2, 0) is 0 Å². The van der Waals surface area contributed by atoms with E-state index in [0.717, 1.165) is 26.0 Å². The van der Waals surface area contributed by atoms with Crippen molar-refractivity contribution in [1.29, 1.82) is 5.41 Å². The van der Waals surface area contributed by atoms with E-state index >= 15 is 0 Å². The first kappa shape index (κ1) is 12.5. The van der Waals surface area contributed by atoms with E-state index < -0.39 is 0 Å². The minimum absolute atomic E-state index is 0.587. The molecule has 21 heavy (non-hydrogen) atoms. The number of benzene rings is 3. The van der Waals surface area contributed by atoms with Gasteiger partial charge in [0.15, 0.2) is 0 Å². The highest BCUT2D eigenvalue weighted by atomic mass is 79.9. The molecule has 4 rings (SSSR count). The van der Waals surface area contributed by atoms with E-state index in [1.807, 2.05) is 30.3 Å². The Morgan fingerprint density at radius 3 is 1.71 bits per heavy atom. The number of nitrogens with one attached hydrogen (secondary N) is 1. The maximum atomic E-state index is 8.62. The number of hydrogen-bond donors (Lipinski definition) is 1. The molecule has 0 spiro atoms. The third kappa shape index (κ3) is 1.87. The van der Waals surface area contributed by atoms with E-state index in [1.54, 1.807) is 0 Å². The van der Waals surface area contributed by atoms with E-state index in [2.05, 4.69) is 52.3 Å². The van der Waals surface area contributed by atoms with Gasteiger partial charge in [-0.2, -0.15) is 0 Å². The summed E-state index contributed by atoms with van der Waals surface area (Å²) in [4.78, 5) is 0. The molecule has 1 N–H and O–H groups in total. The van der Waals surface area contributed by atoms with Crippen molar-refractivity contribution >= 4 is 48.2 Å². The van der Waals surface area contributed by atoms with Crippen molar-refractivity contribution in [1.82, 2.24) is 0 Å². The molecule has 2 heteroatoms. The predicted molar refractivity (Wildman–Crippen MR) is 92.5 cm³/mol. The second-order valence-electron chi connectivity index (χ2n) is 5.16. The Balaban J connectivity index is 2.51.